The zero-order valence-corrected chi connectivity index (χ0v) is 18.8. The van der Waals surface area contributed by atoms with Crippen molar-refractivity contribution in [2.45, 2.75) is 77.0 Å². The van der Waals surface area contributed by atoms with Crippen molar-refractivity contribution in [1.29, 1.82) is 0 Å². The van der Waals surface area contributed by atoms with E-state index in [-0.39, 0.29) is 18.1 Å². The standard InChI is InChI=1S/C21H33N3O4S/c1-21(2,3)28-20(26)24-14-15(23-10-6-5-7-11-23)12-17(24)19-22-13-16(29-19)8-9-18(25)27-4/h13,15,17H,5-12,14H2,1-4H3/t15-,17-/m0/s1. The van der Waals surface area contributed by atoms with Crippen molar-refractivity contribution in [3.8, 4) is 0 Å². The lowest BCUT2D eigenvalue weighted by Gasteiger charge is -2.32. The summed E-state index contributed by atoms with van der Waals surface area (Å²) in [5.41, 5.74) is -0.528. The Labute approximate surface area is 177 Å². The zero-order chi connectivity index (χ0) is 21.0. The Bertz CT molecular complexity index is 709. The second-order valence-corrected chi connectivity index (χ2v) is 10.0. The summed E-state index contributed by atoms with van der Waals surface area (Å²) in [7, 11) is 1.40. The molecule has 8 heteroatoms. The summed E-state index contributed by atoms with van der Waals surface area (Å²) in [4.78, 5) is 34.4. The third kappa shape index (κ3) is 5.92. The Hall–Kier alpha value is -1.67. The molecule has 3 heterocycles. The summed E-state index contributed by atoms with van der Waals surface area (Å²) in [5.74, 6) is -0.221. The number of carbonyl (C=O) groups is 2. The summed E-state index contributed by atoms with van der Waals surface area (Å²) in [6.07, 6.45) is 7.12. The van der Waals surface area contributed by atoms with Crippen LogP contribution in [0.15, 0.2) is 6.20 Å². The molecular formula is C21H33N3O4S. The van der Waals surface area contributed by atoms with E-state index in [0.29, 0.717) is 25.4 Å². The van der Waals surface area contributed by atoms with Gasteiger partial charge in [-0.25, -0.2) is 9.78 Å². The molecule has 0 radical (unpaired) electrons. The number of thiazole rings is 1. The molecule has 0 aliphatic carbocycles. The maximum atomic E-state index is 12.9. The lowest BCUT2D eigenvalue weighted by atomic mass is 10.1. The molecule has 3 rings (SSSR count). The number of hydrogen-bond donors (Lipinski definition) is 0. The van der Waals surface area contributed by atoms with Crippen LogP contribution in [0.25, 0.3) is 0 Å². The van der Waals surface area contributed by atoms with E-state index in [4.69, 9.17) is 9.47 Å². The molecule has 7 nitrogen and oxygen atoms in total. The van der Waals surface area contributed by atoms with Crippen molar-refractivity contribution in [1.82, 2.24) is 14.8 Å². The smallest absolute Gasteiger partial charge is 0.410 e. The van der Waals surface area contributed by atoms with Crippen molar-refractivity contribution < 1.29 is 19.1 Å². The third-order valence-corrected chi connectivity index (χ3v) is 6.63. The first-order valence-electron chi connectivity index (χ1n) is 10.5. The van der Waals surface area contributed by atoms with E-state index < -0.39 is 5.60 Å². The number of nitrogens with zero attached hydrogens (tertiary/aromatic N) is 3. The first-order chi connectivity index (χ1) is 13.8. The molecule has 162 valence electrons. The normalized spacial score (nSPS) is 23.2. The summed E-state index contributed by atoms with van der Waals surface area (Å²) in [6, 6.07) is 0.267. The molecule has 1 amide bonds. The summed E-state index contributed by atoms with van der Waals surface area (Å²) < 4.78 is 10.4. The van der Waals surface area contributed by atoms with E-state index >= 15 is 0 Å². The van der Waals surface area contributed by atoms with Gasteiger partial charge in [0.05, 0.1) is 19.6 Å². The van der Waals surface area contributed by atoms with Crippen LogP contribution in [0.4, 0.5) is 4.79 Å². The monoisotopic (exact) mass is 423 g/mol. The van der Waals surface area contributed by atoms with Crippen molar-refractivity contribution in [3.05, 3.63) is 16.1 Å². The van der Waals surface area contributed by atoms with Gasteiger partial charge in [0.15, 0.2) is 0 Å². The zero-order valence-electron chi connectivity index (χ0n) is 18.0. The van der Waals surface area contributed by atoms with Gasteiger partial charge >= 0.3 is 12.1 Å². The molecule has 0 N–H and O–H groups in total. The summed E-state index contributed by atoms with van der Waals surface area (Å²) in [5, 5.41) is 0.926. The highest BCUT2D eigenvalue weighted by Gasteiger charge is 2.42. The predicted molar refractivity (Wildman–Crippen MR) is 112 cm³/mol. The molecule has 0 unspecified atom stereocenters. The number of hydrogen-bond acceptors (Lipinski definition) is 7. The largest absolute Gasteiger partial charge is 0.469 e. The minimum absolute atomic E-state index is 0.0753. The molecule has 2 aliphatic heterocycles. The highest BCUT2D eigenvalue weighted by molar-refractivity contribution is 7.11. The maximum Gasteiger partial charge on any atom is 0.410 e. The van der Waals surface area contributed by atoms with Gasteiger partial charge < -0.3 is 9.47 Å². The second-order valence-electron chi connectivity index (χ2n) is 8.88. The van der Waals surface area contributed by atoms with Crippen LogP contribution in [0.1, 0.15) is 68.8 Å². The minimum Gasteiger partial charge on any atom is -0.469 e. The van der Waals surface area contributed by atoms with E-state index in [0.717, 1.165) is 29.4 Å². The van der Waals surface area contributed by atoms with Crippen LogP contribution in [0.3, 0.4) is 0 Å². The lowest BCUT2D eigenvalue weighted by Crippen LogP contribution is -2.42. The van der Waals surface area contributed by atoms with Gasteiger partial charge in [-0.1, -0.05) is 6.42 Å². The molecule has 2 atom stereocenters. The molecule has 0 bridgehead atoms. The Morgan fingerprint density at radius 2 is 1.97 bits per heavy atom. The van der Waals surface area contributed by atoms with Gasteiger partial charge in [0, 0.05) is 23.7 Å². The maximum absolute atomic E-state index is 12.9. The predicted octanol–water partition coefficient (Wildman–Crippen LogP) is 3.79. The van der Waals surface area contributed by atoms with Crippen molar-refractivity contribution in [3.63, 3.8) is 0 Å². The van der Waals surface area contributed by atoms with Crippen LogP contribution >= 0.6 is 11.3 Å². The molecular weight excluding hydrogens is 390 g/mol. The van der Waals surface area contributed by atoms with Crippen LogP contribution in [0, 0.1) is 0 Å². The number of amides is 1. The molecule has 0 saturated carbocycles. The number of carbonyl (C=O) groups excluding carboxylic acids is 2. The van der Waals surface area contributed by atoms with Crippen LogP contribution in [-0.2, 0) is 20.7 Å². The number of likely N-dealkylation sites (tertiary alicyclic amines) is 2. The van der Waals surface area contributed by atoms with Crippen LogP contribution in [0.5, 0.6) is 0 Å². The Morgan fingerprint density at radius 3 is 2.62 bits per heavy atom. The van der Waals surface area contributed by atoms with Gasteiger partial charge in [-0.3, -0.25) is 14.6 Å². The van der Waals surface area contributed by atoms with Crippen LogP contribution in [-0.4, -0.2) is 65.2 Å². The van der Waals surface area contributed by atoms with E-state index in [1.165, 1.54) is 26.4 Å². The molecule has 2 saturated heterocycles. The van der Waals surface area contributed by atoms with Crippen molar-refractivity contribution in [2.24, 2.45) is 0 Å². The Kier molecular flexibility index (Phi) is 7.16. The fourth-order valence-electron chi connectivity index (χ4n) is 4.04. The molecule has 29 heavy (non-hydrogen) atoms. The van der Waals surface area contributed by atoms with Gasteiger partial charge in [-0.15, -0.1) is 11.3 Å². The van der Waals surface area contributed by atoms with Crippen LogP contribution < -0.4 is 0 Å². The molecule has 1 aromatic heterocycles. The molecule has 0 spiro atoms. The average Bonchev–Trinajstić information content (AvgIpc) is 3.32. The van der Waals surface area contributed by atoms with Gasteiger partial charge in [-0.2, -0.15) is 0 Å². The number of rotatable bonds is 5. The number of aryl methyl sites for hydroxylation is 1. The summed E-state index contributed by atoms with van der Waals surface area (Å²) in [6.45, 7) is 8.56. The molecule has 2 aliphatic rings. The van der Waals surface area contributed by atoms with Gasteiger partial charge in [0.2, 0.25) is 0 Å². The van der Waals surface area contributed by atoms with Crippen molar-refractivity contribution in [2.75, 3.05) is 26.7 Å². The molecule has 0 aromatic carbocycles. The highest BCUT2D eigenvalue weighted by Crippen LogP contribution is 2.38. The van der Waals surface area contributed by atoms with Crippen LogP contribution in [0.2, 0.25) is 0 Å². The number of ether oxygens (including phenoxy) is 2. The van der Waals surface area contributed by atoms with Gasteiger partial charge in [0.25, 0.3) is 0 Å². The Balaban J connectivity index is 1.74. The fourth-order valence-corrected chi connectivity index (χ4v) is 5.08. The first kappa shape index (κ1) is 22.0. The fraction of sp³-hybridized carbons (Fsp3) is 0.762. The second kappa shape index (κ2) is 9.43. The summed E-state index contributed by atoms with van der Waals surface area (Å²) >= 11 is 1.58. The topological polar surface area (TPSA) is 72.0 Å². The third-order valence-electron chi connectivity index (χ3n) is 5.47. The van der Waals surface area contributed by atoms with Crippen molar-refractivity contribution >= 4 is 23.4 Å². The first-order valence-corrected chi connectivity index (χ1v) is 11.3. The minimum atomic E-state index is -0.528. The number of piperidine rings is 1. The highest BCUT2D eigenvalue weighted by atomic mass is 32.1. The number of methoxy groups -OCH3 is 1. The van der Waals surface area contributed by atoms with E-state index in [1.807, 2.05) is 31.9 Å². The van der Waals surface area contributed by atoms with Gasteiger partial charge in [0.1, 0.15) is 10.6 Å². The number of aromatic nitrogens is 1. The lowest BCUT2D eigenvalue weighted by molar-refractivity contribution is -0.140. The van der Waals surface area contributed by atoms with Gasteiger partial charge in [-0.05, 0) is 59.5 Å². The number of esters is 1. The molecule has 2 fully saturated rings. The quantitative estimate of drug-likeness (QED) is 0.671. The van der Waals surface area contributed by atoms with E-state index in [9.17, 15) is 9.59 Å². The Morgan fingerprint density at radius 1 is 1.24 bits per heavy atom. The SMILES string of the molecule is COC(=O)CCc1cnc([C@@H]2C[C@H](N3CCCCC3)CN2C(=O)OC(C)(C)C)s1. The van der Waals surface area contributed by atoms with E-state index in [2.05, 4.69) is 9.88 Å². The molecule has 1 aromatic rings. The average molecular weight is 424 g/mol. The van der Waals surface area contributed by atoms with E-state index in [1.54, 1.807) is 11.3 Å².